The van der Waals surface area contributed by atoms with Crippen molar-refractivity contribution in [2.45, 2.75) is 37.3 Å². The summed E-state index contributed by atoms with van der Waals surface area (Å²) in [4.78, 5) is 4.32. The second-order valence-electron chi connectivity index (χ2n) is 6.75. The first kappa shape index (κ1) is 15.5. The zero-order chi connectivity index (χ0) is 14.8. The van der Waals surface area contributed by atoms with Gasteiger partial charge in [0.2, 0.25) is 0 Å². The van der Waals surface area contributed by atoms with Crippen molar-refractivity contribution in [2.75, 3.05) is 44.4 Å². The molecule has 1 aromatic rings. The number of rotatable bonds is 4. The molecule has 0 radical (unpaired) electrons. The Hall–Kier alpha value is -0.0700. The van der Waals surface area contributed by atoms with Gasteiger partial charge in [0.25, 0.3) is 0 Å². The van der Waals surface area contributed by atoms with E-state index >= 15 is 0 Å². The molecule has 1 aliphatic carbocycles. The van der Waals surface area contributed by atoms with Gasteiger partial charge in [0.05, 0.1) is 13.2 Å². The normalized spacial score (nSPS) is 33.0. The highest BCUT2D eigenvalue weighted by Crippen LogP contribution is 2.37. The molecule has 2 saturated heterocycles. The van der Waals surface area contributed by atoms with Gasteiger partial charge in [-0.3, -0.25) is 4.90 Å². The summed E-state index contributed by atoms with van der Waals surface area (Å²) in [6.45, 7) is 5.17. The minimum atomic E-state index is 0.363. The predicted octanol–water partition coefficient (Wildman–Crippen LogP) is 2.92. The number of nitrogens with zero attached hydrogens (tertiary/aromatic N) is 1. The Kier molecular flexibility index (Phi) is 4.79. The second kappa shape index (κ2) is 6.81. The molecule has 22 heavy (non-hydrogen) atoms. The van der Waals surface area contributed by atoms with Gasteiger partial charge >= 0.3 is 0 Å². The molecule has 122 valence electrons. The zero-order valence-corrected chi connectivity index (χ0v) is 14.8. The predicted molar refractivity (Wildman–Crippen MR) is 95.1 cm³/mol. The van der Waals surface area contributed by atoms with E-state index in [9.17, 15) is 0 Å². The van der Waals surface area contributed by atoms with Crippen molar-refractivity contribution in [1.29, 1.82) is 0 Å². The van der Waals surface area contributed by atoms with Gasteiger partial charge in [0.15, 0.2) is 0 Å². The number of hydrogen-bond donors (Lipinski definition) is 1. The van der Waals surface area contributed by atoms with E-state index in [0.717, 1.165) is 32.8 Å². The van der Waals surface area contributed by atoms with Crippen molar-refractivity contribution < 1.29 is 4.74 Å². The van der Waals surface area contributed by atoms with Gasteiger partial charge in [-0.2, -0.15) is 11.8 Å². The molecule has 3 heterocycles. The van der Waals surface area contributed by atoms with Gasteiger partial charge < -0.3 is 10.1 Å². The second-order valence-corrected chi connectivity index (χ2v) is 8.86. The van der Waals surface area contributed by atoms with Crippen LogP contribution >= 0.6 is 23.1 Å². The van der Waals surface area contributed by atoms with Crippen molar-refractivity contribution in [2.24, 2.45) is 0 Å². The van der Waals surface area contributed by atoms with E-state index in [1.807, 2.05) is 11.3 Å². The van der Waals surface area contributed by atoms with Crippen LogP contribution in [0.3, 0.4) is 0 Å². The molecule has 3 aliphatic rings. The molecule has 0 amide bonds. The number of nitrogens with one attached hydrogen (secondary N) is 1. The summed E-state index contributed by atoms with van der Waals surface area (Å²) >= 11 is 4.07. The van der Waals surface area contributed by atoms with Gasteiger partial charge in [0.1, 0.15) is 0 Å². The van der Waals surface area contributed by atoms with Gasteiger partial charge in [0, 0.05) is 41.8 Å². The number of ether oxygens (including phenoxy) is 1. The highest BCUT2D eigenvalue weighted by molar-refractivity contribution is 7.99. The first-order valence-corrected chi connectivity index (χ1v) is 10.6. The third-order valence-electron chi connectivity index (χ3n) is 5.49. The van der Waals surface area contributed by atoms with Crippen LogP contribution in [0.25, 0.3) is 0 Å². The van der Waals surface area contributed by atoms with Gasteiger partial charge in [-0.1, -0.05) is 0 Å². The molecule has 0 aromatic carbocycles. The maximum absolute atomic E-state index is 5.57. The fourth-order valence-electron chi connectivity index (χ4n) is 4.15. The first-order valence-electron chi connectivity index (χ1n) is 8.58. The van der Waals surface area contributed by atoms with E-state index in [4.69, 9.17) is 4.74 Å². The van der Waals surface area contributed by atoms with Crippen LogP contribution in [-0.4, -0.2) is 54.8 Å². The number of thiophene rings is 1. The third kappa shape index (κ3) is 2.98. The van der Waals surface area contributed by atoms with E-state index in [1.165, 1.54) is 37.2 Å². The minimum Gasteiger partial charge on any atom is -0.379 e. The van der Waals surface area contributed by atoms with E-state index in [2.05, 4.69) is 33.4 Å². The van der Waals surface area contributed by atoms with Crippen LogP contribution in [0.4, 0.5) is 0 Å². The Balaban J connectivity index is 1.45. The van der Waals surface area contributed by atoms with Crippen molar-refractivity contribution in [3.05, 3.63) is 21.9 Å². The molecule has 0 bridgehead atoms. The highest BCUT2D eigenvalue weighted by Gasteiger charge is 2.41. The summed E-state index contributed by atoms with van der Waals surface area (Å²) in [6, 6.07) is 2.93. The topological polar surface area (TPSA) is 24.5 Å². The van der Waals surface area contributed by atoms with Crippen LogP contribution in [0.15, 0.2) is 11.4 Å². The number of morpholine rings is 1. The monoisotopic (exact) mass is 338 g/mol. The Morgan fingerprint density at radius 3 is 3.09 bits per heavy atom. The summed E-state index contributed by atoms with van der Waals surface area (Å²) < 4.78 is 5.57. The van der Waals surface area contributed by atoms with Gasteiger partial charge in [-0.15, -0.1) is 11.3 Å². The van der Waals surface area contributed by atoms with Crippen LogP contribution in [0.1, 0.15) is 35.7 Å². The van der Waals surface area contributed by atoms with Crippen LogP contribution in [-0.2, 0) is 11.2 Å². The van der Waals surface area contributed by atoms with E-state index < -0.39 is 0 Å². The number of hydrogen-bond acceptors (Lipinski definition) is 5. The average Bonchev–Trinajstić information content (AvgIpc) is 3.24. The average molecular weight is 339 g/mol. The molecule has 0 spiro atoms. The number of thioether (sulfide) groups is 1. The molecule has 0 saturated carbocycles. The molecule has 3 nitrogen and oxygen atoms in total. The molecule has 1 N–H and O–H groups in total. The Bertz CT molecular complexity index is 493. The number of fused-ring (bicyclic) bond motifs is 1. The van der Waals surface area contributed by atoms with Gasteiger partial charge in [-0.25, -0.2) is 0 Å². The molecular formula is C17H26N2OS2. The summed E-state index contributed by atoms with van der Waals surface area (Å²) in [5, 5.41) is 6.23. The standard InChI is InChI=1S/C17H26N2OS2/c1-2-15(14-4-10-22-16(14)3-1)18-12-17(5-11-21-13-17)19-6-8-20-9-7-19/h4,10,15,18H,1-3,5-9,11-13H2/t15-,17+/m0/s1. The Labute approximate surface area is 141 Å². The summed E-state index contributed by atoms with van der Waals surface area (Å²) in [5.41, 5.74) is 1.95. The molecule has 2 fully saturated rings. The minimum absolute atomic E-state index is 0.363. The van der Waals surface area contributed by atoms with Crippen molar-refractivity contribution >= 4 is 23.1 Å². The summed E-state index contributed by atoms with van der Waals surface area (Å²) in [6.07, 6.45) is 5.25. The van der Waals surface area contributed by atoms with Crippen molar-refractivity contribution in [1.82, 2.24) is 10.2 Å². The van der Waals surface area contributed by atoms with Crippen molar-refractivity contribution in [3.63, 3.8) is 0 Å². The van der Waals surface area contributed by atoms with Crippen LogP contribution in [0, 0.1) is 0 Å². The van der Waals surface area contributed by atoms with Crippen molar-refractivity contribution in [3.8, 4) is 0 Å². The molecule has 2 atom stereocenters. The number of aryl methyl sites for hydroxylation is 1. The fraction of sp³-hybridized carbons (Fsp3) is 0.765. The third-order valence-corrected chi connectivity index (χ3v) is 7.72. The maximum Gasteiger partial charge on any atom is 0.0594 e. The maximum atomic E-state index is 5.57. The smallest absolute Gasteiger partial charge is 0.0594 e. The highest BCUT2D eigenvalue weighted by atomic mass is 32.2. The SMILES string of the molecule is c1cc2c(s1)CCC[C@@H]2NC[C@]1(N2CCOCC2)CCSC1. The zero-order valence-electron chi connectivity index (χ0n) is 13.2. The molecule has 0 unspecified atom stereocenters. The van der Waals surface area contributed by atoms with Crippen LogP contribution < -0.4 is 5.32 Å². The summed E-state index contributed by atoms with van der Waals surface area (Å²) in [7, 11) is 0. The molecule has 2 aliphatic heterocycles. The lowest BCUT2D eigenvalue weighted by Crippen LogP contribution is -2.58. The molecule has 5 heteroatoms. The lowest BCUT2D eigenvalue weighted by atomic mass is 9.91. The Morgan fingerprint density at radius 2 is 2.27 bits per heavy atom. The Morgan fingerprint density at radius 1 is 1.36 bits per heavy atom. The molecule has 1 aromatic heterocycles. The quantitative estimate of drug-likeness (QED) is 0.912. The van der Waals surface area contributed by atoms with E-state index in [-0.39, 0.29) is 0 Å². The largest absolute Gasteiger partial charge is 0.379 e. The molecule has 4 rings (SSSR count). The lowest BCUT2D eigenvalue weighted by Gasteiger charge is -2.44. The lowest BCUT2D eigenvalue weighted by molar-refractivity contribution is -0.0142. The van der Waals surface area contributed by atoms with E-state index in [0.29, 0.717) is 11.6 Å². The summed E-state index contributed by atoms with van der Waals surface area (Å²) in [5.74, 6) is 2.59. The first-order chi connectivity index (χ1) is 10.9. The van der Waals surface area contributed by atoms with Crippen LogP contribution in [0.5, 0.6) is 0 Å². The van der Waals surface area contributed by atoms with Gasteiger partial charge in [-0.05, 0) is 48.4 Å². The van der Waals surface area contributed by atoms with Crippen LogP contribution in [0.2, 0.25) is 0 Å². The van der Waals surface area contributed by atoms with E-state index in [1.54, 1.807) is 10.4 Å². The molecular weight excluding hydrogens is 312 g/mol. The fourth-order valence-corrected chi connectivity index (χ4v) is 6.61.